The van der Waals surface area contributed by atoms with Crippen molar-refractivity contribution in [1.29, 1.82) is 0 Å². The molecule has 102 valence electrons. The summed E-state index contributed by atoms with van der Waals surface area (Å²) in [5.41, 5.74) is 0.905. The lowest BCUT2D eigenvalue weighted by molar-refractivity contribution is 0.723. The van der Waals surface area contributed by atoms with Gasteiger partial charge in [-0.1, -0.05) is 13.3 Å². The first-order chi connectivity index (χ1) is 9.35. The zero-order chi connectivity index (χ0) is 13.2. The van der Waals surface area contributed by atoms with Crippen LogP contribution in [0, 0.1) is 0 Å². The summed E-state index contributed by atoms with van der Waals surface area (Å²) in [5, 5.41) is 8.73. The van der Waals surface area contributed by atoms with Crippen LogP contribution in [0.4, 0.5) is 5.82 Å². The largest absolute Gasteiger partial charge is 0.354 e. The maximum atomic E-state index is 4.53. The van der Waals surface area contributed by atoms with Crippen molar-refractivity contribution in [3.63, 3.8) is 0 Å². The molecule has 0 bridgehead atoms. The molecule has 1 fully saturated rings. The van der Waals surface area contributed by atoms with Crippen LogP contribution in [0.2, 0.25) is 0 Å². The van der Waals surface area contributed by atoms with Crippen LogP contribution in [0.1, 0.15) is 51.3 Å². The zero-order valence-electron chi connectivity index (χ0n) is 11.7. The molecule has 1 saturated carbocycles. The van der Waals surface area contributed by atoms with Gasteiger partial charge in [0.2, 0.25) is 5.65 Å². The van der Waals surface area contributed by atoms with Crippen LogP contribution in [0.15, 0.2) is 12.4 Å². The molecule has 0 amide bonds. The summed E-state index contributed by atoms with van der Waals surface area (Å²) in [7, 11) is 0. The first-order valence-electron chi connectivity index (χ1n) is 7.29. The van der Waals surface area contributed by atoms with Crippen LogP contribution in [-0.2, 0) is 0 Å². The quantitative estimate of drug-likeness (QED) is 0.800. The van der Waals surface area contributed by atoms with Gasteiger partial charge in [-0.25, -0.2) is 4.98 Å². The van der Waals surface area contributed by atoms with Gasteiger partial charge in [0.1, 0.15) is 5.82 Å². The third kappa shape index (κ3) is 2.29. The SMILES string of the molecule is CCCCN(CC)c1nccn2c(C3CC3)nnc12. The second-order valence-electron chi connectivity index (χ2n) is 5.21. The van der Waals surface area contributed by atoms with Crippen molar-refractivity contribution in [3.8, 4) is 0 Å². The van der Waals surface area contributed by atoms with Gasteiger partial charge >= 0.3 is 0 Å². The normalized spacial score (nSPS) is 15.1. The van der Waals surface area contributed by atoms with Crippen LogP contribution in [0.5, 0.6) is 0 Å². The monoisotopic (exact) mass is 259 g/mol. The molecular weight excluding hydrogens is 238 g/mol. The van der Waals surface area contributed by atoms with E-state index >= 15 is 0 Å². The smallest absolute Gasteiger partial charge is 0.203 e. The molecule has 0 atom stereocenters. The molecule has 0 radical (unpaired) electrons. The number of fused-ring (bicyclic) bond motifs is 1. The third-order valence-electron chi connectivity index (χ3n) is 3.74. The number of hydrogen-bond acceptors (Lipinski definition) is 4. The van der Waals surface area contributed by atoms with E-state index in [1.165, 1.54) is 25.7 Å². The average Bonchev–Trinajstić information content (AvgIpc) is 3.19. The average molecular weight is 259 g/mol. The predicted molar refractivity (Wildman–Crippen MR) is 75.6 cm³/mol. The van der Waals surface area contributed by atoms with Gasteiger partial charge in [-0.15, -0.1) is 10.2 Å². The van der Waals surface area contributed by atoms with Crippen LogP contribution < -0.4 is 4.90 Å². The summed E-state index contributed by atoms with van der Waals surface area (Å²) in [6, 6.07) is 0. The maximum absolute atomic E-state index is 4.53. The van der Waals surface area contributed by atoms with Gasteiger partial charge in [-0.3, -0.25) is 4.40 Å². The molecule has 0 N–H and O–H groups in total. The Balaban J connectivity index is 1.98. The minimum Gasteiger partial charge on any atom is -0.354 e. The van der Waals surface area contributed by atoms with Gasteiger partial charge in [-0.2, -0.15) is 0 Å². The Bertz CT molecular complexity index is 558. The Morgan fingerprint density at radius 2 is 2.16 bits per heavy atom. The van der Waals surface area contributed by atoms with E-state index in [9.17, 15) is 0 Å². The second-order valence-corrected chi connectivity index (χ2v) is 5.21. The number of anilines is 1. The van der Waals surface area contributed by atoms with E-state index in [0.717, 1.165) is 30.4 Å². The topological polar surface area (TPSA) is 46.3 Å². The lowest BCUT2D eigenvalue weighted by Crippen LogP contribution is -2.25. The molecule has 0 aromatic carbocycles. The van der Waals surface area contributed by atoms with E-state index in [0.29, 0.717) is 5.92 Å². The van der Waals surface area contributed by atoms with Gasteiger partial charge in [0, 0.05) is 31.4 Å². The van der Waals surface area contributed by atoms with Crippen molar-refractivity contribution in [1.82, 2.24) is 19.6 Å². The Kier molecular flexibility index (Phi) is 3.36. The molecule has 0 spiro atoms. The van der Waals surface area contributed by atoms with E-state index in [1.807, 2.05) is 12.4 Å². The van der Waals surface area contributed by atoms with Crippen LogP contribution in [0.3, 0.4) is 0 Å². The van der Waals surface area contributed by atoms with E-state index < -0.39 is 0 Å². The standard InChI is InChI=1S/C14H21N5/c1-3-5-9-18(4-2)13-14-17-16-12(11-6-7-11)19(14)10-8-15-13/h8,10-11H,3-7,9H2,1-2H3. The van der Waals surface area contributed by atoms with Crippen LogP contribution in [0.25, 0.3) is 5.65 Å². The Hall–Kier alpha value is -1.65. The van der Waals surface area contributed by atoms with Crippen LogP contribution in [-0.4, -0.2) is 32.7 Å². The van der Waals surface area contributed by atoms with Crippen molar-refractivity contribution in [2.24, 2.45) is 0 Å². The van der Waals surface area contributed by atoms with E-state index in [2.05, 4.69) is 38.3 Å². The van der Waals surface area contributed by atoms with E-state index in [-0.39, 0.29) is 0 Å². The Morgan fingerprint density at radius 3 is 2.84 bits per heavy atom. The highest BCUT2D eigenvalue weighted by atomic mass is 15.3. The maximum Gasteiger partial charge on any atom is 0.203 e. The van der Waals surface area contributed by atoms with Crippen LogP contribution >= 0.6 is 0 Å². The Morgan fingerprint density at radius 1 is 1.32 bits per heavy atom. The molecule has 2 heterocycles. The molecule has 1 aliphatic carbocycles. The minimum atomic E-state index is 0.607. The lowest BCUT2D eigenvalue weighted by Gasteiger charge is -2.21. The molecule has 0 saturated heterocycles. The molecule has 0 unspecified atom stereocenters. The molecule has 1 aliphatic rings. The number of aromatic nitrogens is 4. The highest BCUT2D eigenvalue weighted by Gasteiger charge is 2.29. The van der Waals surface area contributed by atoms with Gasteiger partial charge in [0.05, 0.1) is 0 Å². The third-order valence-corrected chi connectivity index (χ3v) is 3.74. The fourth-order valence-electron chi connectivity index (χ4n) is 2.44. The molecule has 0 aliphatic heterocycles. The minimum absolute atomic E-state index is 0.607. The number of rotatable bonds is 6. The van der Waals surface area contributed by atoms with Crippen molar-refractivity contribution < 1.29 is 0 Å². The first-order valence-corrected chi connectivity index (χ1v) is 7.29. The Labute approximate surface area is 113 Å². The summed E-state index contributed by atoms with van der Waals surface area (Å²) in [5.74, 6) is 2.68. The van der Waals surface area contributed by atoms with Crippen molar-refractivity contribution in [2.45, 2.75) is 45.4 Å². The summed E-state index contributed by atoms with van der Waals surface area (Å²) in [6.45, 7) is 6.37. The summed E-state index contributed by atoms with van der Waals surface area (Å²) >= 11 is 0. The van der Waals surface area contributed by atoms with Gasteiger partial charge < -0.3 is 4.90 Å². The molecule has 5 nitrogen and oxygen atoms in total. The summed E-state index contributed by atoms with van der Waals surface area (Å²) in [4.78, 5) is 6.82. The van der Waals surface area contributed by atoms with Crippen molar-refractivity contribution >= 4 is 11.5 Å². The molecule has 2 aromatic heterocycles. The first kappa shape index (κ1) is 12.4. The summed E-state index contributed by atoms with van der Waals surface area (Å²) < 4.78 is 2.12. The number of nitrogens with zero attached hydrogens (tertiary/aromatic N) is 5. The highest BCUT2D eigenvalue weighted by molar-refractivity contribution is 5.63. The highest BCUT2D eigenvalue weighted by Crippen LogP contribution is 2.39. The van der Waals surface area contributed by atoms with Crippen molar-refractivity contribution in [3.05, 3.63) is 18.2 Å². The zero-order valence-corrected chi connectivity index (χ0v) is 11.7. The van der Waals surface area contributed by atoms with Crippen molar-refractivity contribution in [2.75, 3.05) is 18.0 Å². The molecule has 19 heavy (non-hydrogen) atoms. The number of unbranched alkanes of at least 4 members (excludes halogenated alkanes) is 1. The molecule has 2 aromatic rings. The predicted octanol–water partition coefficient (Wildman–Crippen LogP) is 2.63. The van der Waals surface area contributed by atoms with Gasteiger partial charge in [0.25, 0.3) is 0 Å². The molecule has 5 heteroatoms. The molecule has 3 rings (SSSR count). The lowest BCUT2D eigenvalue weighted by atomic mass is 10.3. The van der Waals surface area contributed by atoms with Gasteiger partial charge in [-0.05, 0) is 26.2 Å². The fourth-order valence-corrected chi connectivity index (χ4v) is 2.44. The second kappa shape index (κ2) is 5.15. The fraction of sp³-hybridized carbons (Fsp3) is 0.643. The van der Waals surface area contributed by atoms with E-state index in [4.69, 9.17) is 0 Å². The molecular formula is C14H21N5. The van der Waals surface area contributed by atoms with Gasteiger partial charge in [0.15, 0.2) is 5.82 Å². The number of hydrogen-bond donors (Lipinski definition) is 0. The van der Waals surface area contributed by atoms with E-state index in [1.54, 1.807) is 0 Å². The summed E-state index contributed by atoms with van der Waals surface area (Å²) in [6.07, 6.45) is 8.71.